The third-order valence-corrected chi connectivity index (χ3v) is 1.91. The van der Waals surface area contributed by atoms with Crippen molar-refractivity contribution in [3.63, 3.8) is 0 Å². The Morgan fingerprint density at radius 2 is 1.92 bits per heavy atom. The lowest BCUT2D eigenvalue weighted by Crippen LogP contribution is -1.75. The topological polar surface area (TPSA) is 0 Å². The van der Waals surface area contributed by atoms with Crippen LogP contribution in [0.2, 0.25) is 0 Å². The van der Waals surface area contributed by atoms with Crippen LogP contribution in [0, 0.1) is 0 Å². The Kier molecular flexibility index (Phi) is 3.12. The van der Waals surface area contributed by atoms with Crippen molar-refractivity contribution in [1.82, 2.24) is 0 Å². The molecular formula is C11H11Cl. The molecule has 12 heavy (non-hydrogen) atoms. The molecule has 0 aliphatic rings. The van der Waals surface area contributed by atoms with Crippen LogP contribution in [0.25, 0.3) is 6.08 Å². The lowest BCUT2D eigenvalue weighted by Gasteiger charge is -1.96. The highest BCUT2D eigenvalue weighted by atomic mass is 35.5. The van der Waals surface area contributed by atoms with Crippen LogP contribution in [-0.4, -0.2) is 0 Å². The van der Waals surface area contributed by atoms with E-state index in [-0.39, 0.29) is 0 Å². The molecule has 0 amide bonds. The molecule has 0 heterocycles. The third kappa shape index (κ3) is 2.55. The molecular weight excluding hydrogens is 168 g/mol. The smallest absolute Gasteiger partial charge is 0.0363 e. The molecule has 1 rings (SSSR count). The van der Waals surface area contributed by atoms with Gasteiger partial charge in [-0.3, -0.25) is 0 Å². The minimum absolute atomic E-state index is 0.596. The third-order valence-electron chi connectivity index (χ3n) is 1.61. The van der Waals surface area contributed by atoms with E-state index < -0.39 is 0 Å². The number of hydrogen-bond acceptors (Lipinski definition) is 0. The molecule has 0 fully saturated rings. The first-order chi connectivity index (χ1) is 5.70. The van der Waals surface area contributed by atoms with Crippen molar-refractivity contribution in [2.75, 3.05) is 0 Å². The Balaban J connectivity index is 2.89. The van der Waals surface area contributed by atoms with Crippen molar-refractivity contribution in [2.45, 2.75) is 6.92 Å². The summed E-state index contributed by atoms with van der Waals surface area (Å²) in [6.45, 7) is 5.60. The van der Waals surface area contributed by atoms with E-state index in [1.165, 1.54) is 0 Å². The fourth-order valence-corrected chi connectivity index (χ4v) is 0.932. The van der Waals surface area contributed by atoms with E-state index in [1.54, 1.807) is 0 Å². The van der Waals surface area contributed by atoms with Crippen molar-refractivity contribution in [3.8, 4) is 0 Å². The second-order valence-corrected chi connectivity index (χ2v) is 3.10. The van der Waals surface area contributed by atoms with E-state index in [2.05, 4.69) is 6.58 Å². The molecule has 0 unspecified atom stereocenters. The summed E-state index contributed by atoms with van der Waals surface area (Å²) in [6.07, 6.45) is 2.01. The molecule has 0 bridgehead atoms. The molecule has 0 saturated heterocycles. The second-order valence-electron chi connectivity index (χ2n) is 2.64. The fraction of sp³-hybridized carbons (Fsp3) is 0.0909. The molecule has 0 radical (unpaired) electrons. The zero-order valence-electron chi connectivity index (χ0n) is 7.05. The minimum atomic E-state index is 0.596. The Morgan fingerprint density at radius 1 is 1.33 bits per heavy atom. The largest absolute Gasteiger partial charge is 0.0847 e. The number of rotatable bonds is 2. The monoisotopic (exact) mass is 178 g/mol. The zero-order chi connectivity index (χ0) is 8.97. The highest BCUT2D eigenvalue weighted by Gasteiger charge is 1.91. The van der Waals surface area contributed by atoms with Crippen LogP contribution in [0.15, 0.2) is 47.5 Å². The van der Waals surface area contributed by atoms with E-state index in [1.807, 2.05) is 43.3 Å². The molecule has 0 spiro atoms. The van der Waals surface area contributed by atoms with Crippen LogP contribution in [0.5, 0.6) is 0 Å². The Labute approximate surface area is 78.2 Å². The van der Waals surface area contributed by atoms with Crippen molar-refractivity contribution in [2.24, 2.45) is 0 Å². The first kappa shape index (κ1) is 9.08. The van der Waals surface area contributed by atoms with E-state index in [9.17, 15) is 0 Å². The van der Waals surface area contributed by atoms with Crippen LogP contribution < -0.4 is 0 Å². The van der Waals surface area contributed by atoms with Crippen molar-refractivity contribution in [1.29, 1.82) is 0 Å². The Hall–Kier alpha value is -1.01. The summed E-state index contributed by atoms with van der Waals surface area (Å²) in [4.78, 5) is 0. The number of halogens is 1. The normalized spacial score (nSPS) is 11.3. The van der Waals surface area contributed by atoms with Crippen molar-refractivity contribution in [3.05, 3.63) is 53.1 Å². The molecule has 0 aliphatic heterocycles. The van der Waals surface area contributed by atoms with Crippen LogP contribution in [-0.2, 0) is 0 Å². The summed E-state index contributed by atoms with van der Waals surface area (Å²) in [5.41, 5.74) is 2.15. The van der Waals surface area contributed by atoms with Gasteiger partial charge in [-0.25, -0.2) is 0 Å². The Bertz CT molecular complexity index is 296. The lowest BCUT2D eigenvalue weighted by molar-refractivity contribution is 1.53. The predicted octanol–water partition coefficient (Wildman–Crippen LogP) is 3.84. The lowest BCUT2D eigenvalue weighted by atomic mass is 10.1. The zero-order valence-corrected chi connectivity index (χ0v) is 7.81. The van der Waals surface area contributed by atoms with Gasteiger partial charge < -0.3 is 0 Å². The van der Waals surface area contributed by atoms with Gasteiger partial charge in [0.2, 0.25) is 0 Å². The fourth-order valence-electron chi connectivity index (χ4n) is 0.878. The van der Waals surface area contributed by atoms with Gasteiger partial charge in [0.05, 0.1) is 0 Å². The SMILES string of the molecule is C=C(Cl)/C(C)=C\c1ccccc1. The number of allylic oxidation sites excluding steroid dienone is 2. The molecule has 0 aliphatic carbocycles. The summed E-state index contributed by atoms with van der Waals surface area (Å²) in [7, 11) is 0. The van der Waals surface area contributed by atoms with Gasteiger partial charge in [-0.15, -0.1) is 0 Å². The molecule has 0 atom stereocenters. The minimum Gasteiger partial charge on any atom is -0.0847 e. The molecule has 0 saturated carbocycles. The predicted molar refractivity (Wildman–Crippen MR) is 55.1 cm³/mol. The maximum Gasteiger partial charge on any atom is 0.0363 e. The number of hydrogen-bond donors (Lipinski definition) is 0. The number of benzene rings is 1. The first-order valence-electron chi connectivity index (χ1n) is 3.78. The van der Waals surface area contributed by atoms with E-state index in [0.717, 1.165) is 11.1 Å². The first-order valence-corrected chi connectivity index (χ1v) is 4.16. The second kappa shape index (κ2) is 4.13. The van der Waals surface area contributed by atoms with Crippen LogP contribution in [0.4, 0.5) is 0 Å². The van der Waals surface area contributed by atoms with Gasteiger partial charge in [-0.2, -0.15) is 0 Å². The molecule has 1 aromatic carbocycles. The highest BCUT2D eigenvalue weighted by Crippen LogP contribution is 2.14. The standard InChI is InChI=1S/C11H11Cl/c1-9(10(2)12)8-11-6-4-3-5-7-11/h3-8H,2H2,1H3/b9-8-. The van der Waals surface area contributed by atoms with Crippen LogP contribution in [0.1, 0.15) is 12.5 Å². The summed E-state index contributed by atoms with van der Waals surface area (Å²) >= 11 is 5.72. The van der Waals surface area contributed by atoms with Gasteiger partial charge >= 0.3 is 0 Å². The van der Waals surface area contributed by atoms with Crippen LogP contribution in [0.3, 0.4) is 0 Å². The average Bonchev–Trinajstić information content (AvgIpc) is 2.06. The maximum atomic E-state index is 5.72. The summed E-state index contributed by atoms with van der Waals surface area (Å²) in [6, 6.07) is 10.0. The van der Waals surface area contributed by atoms with Crippen molar-refractivity contribution >= 4 is 17.7 Å². The van der Waals surface area contributed by atoms with Gasteiger partial charge in [0.25, 0.3) is 0 Å². The van der Waals surface area contributed by atoms with Gasteiger partial charge in [0.15, 0.2) is 0 Å². The average molecular weight is 179 g/mol. The van der Waals surface area contributed by atoms with E-state index in [0.29, 0.717) is 5.03 Å². The molecule has 0 nitrogen and oxygen atoms in total. The van der Waals surface area contributed by atoms with Gasteiger partial charge in [-0.1, -0.05) is 54.6 Å². The van der Waals surface area contributed by atoms with Gasteiger partial charge in [0, 0.05) is 5.03 Å². The highest BCUT2D eigenvalue weighted by molar-refractivity contribution is 6.31. The van der Waals surface area contributed by atoms with Gasteiger partial charge in [0.1, 0.15) is 0 Å². The summed E-state index contributed by atoms with van der Waals surface area (Å²) in [5.74, 6) is 0. The van der Waals surface area contributed by atoms with E-state index >= 15 is 0 Å². The quantitative estimate of drug-likeness (QED) is 0.604. The molecule has 0 aromatic heterocycles. The molecule has 62 valence electrons. The maximum absolute atomic E-state index is 5.72. The van der Waals surface area contributed by atoms with Crippen molar-refractivity contribution < 1.29 is 0 Å². The molecule has 1 heteroatoms. The summed E-state index contributed by atoms with van der Waals surface area (Å²) < 4.78 is 0. The van der Waals surface area contributed by atoms with Crippen LogP contribution >= 0.6 is 11.6 Å². The summed E-state index contributed by atoms with van der Waals surface area (Å²) in [5, 5.41) is 0.596. The molecule has 1 aromatic rings. The van der Waals surface area contributed by atoms with Gasteiger partial charge in [-0.05, 0) is 18.1 Å². The van der Waals surface area contributed by atoms with E-state index in [4.69, 9.17) is 11.6 Å². The molecule has 0 N–H and O–H groups in total. The Morgan fingerprint density at radius 3 is 2.42 bits per heavy atom.